The first kappa shape index (κ1) is 14.7. The van der Waals surface area contributed by atoms with Gasteiger partial charge in [-0.1, -0.05) is 29.8 Å². The van der Waals surface area contributed by atoms with Crippen LogP contribution in [0.1, 0.15) is 11.1 Å². The molecule has 3 aromatic rings. The molecule has 120 valence electrons. The Labute approximate surface area is 143 Å². The monoisotopic (exact) mass is 337 g/mol. The molecule has 1 N–H and O–H groups in total. The third-order valence-corrected chi connectivity index (χ3v) is 4.37. The van der Waals surface area contributed by atoms with Crippen molar-refractivity contribution in [2.75, 3.05) is 12.2 Å². The van der Waals surface area contributed by atoms with E-state index in [1.54, 1.807) is 6.21 Å². The van der Waals surface area contributed by atoms with Crippen LogP contribution in [-0.4, -0.2) is 18.0 Å². The van der Waals surface area contributed by atoms with Gasteiger partial charge in [-0.15, -0.1) is 11.3 Å². The van der Waals surface area contributed by atoms with Gasteiger partial charge in [0.05, 0.1) is 11.9 Å². The van der Waals surface area contributed by atoms with Crippen molar-refractivity contribution in [3.63, 3.8) is 0 Å². The molecule has 0 bridgehead atoms. The third-order valence-electron chi connectivity index (χ3n) is 3.62. The Kier molecular flexibility index (Phi) is 3.88. The topological polar surface area (TPSA) is 55.7 Å². The maximum Gasteiger partial charge on any atom is 0.231 e. The molecule has 6 heteroatoms. The molecule has 1 aliphatic heterocycles. The third kappa shape index (κ3) is 3.09. The zero-order valence-corrected chi connectivity index (χ0v) is 13.8. The molecule has 5 nitrogen and oxygen atoms in total. The number of ether oxygens (including phenoxy) is 2. The molecule has 0 atom stereocenters. The van der Waals surface area contributed by atoms with Crippen molar-refractivity contribution in [1.29, 1.82) is 0 Å². The van der Waals surface area contributed by atoms with Gasteiger partial charge in [-0.25, -0.2) is 4.98 Å². The number of hydrogen-bond acceptors (Lipinski definition) is 6. The number of anilines is 1. The van der Waals surface area contributed by atoms with Crippen LogP contribution in [0.5, 0.6) is 11.5 Å². The predicted molar refractivity (Wildman–Crippen MR) is 96.1 cm³/mol. The summed E-state index contributed by atoms with van der Waals surface area (Å²) in [4.78, 5) is 4.55. The van der Waals surface area contributed by atoms with Crippen molar-refractivity contribution in [2.45, 2.75) is 6.92 Å². The lowest BCUT2D eigenvalue weighted by Crippen LogP contribution is -1.93. The Morgan fingerprint density at radius 1 is 1.12 bits per heavy atom. The summed E-state index contributed by atoms with van der Waals surface area (Å²) in [6, 6.07) is 14.0. The molecule has 24 heavy (non-hydrogen) atoms. The van der Waals surface area contributed by atoms with Crippen molar-refractivity contribution < 1.29 is 9.47 Å². The fourth-order valence-corrected chi connectivity index (χ4v) is 3.01. The second-order valence-electron chi connectivity index (χ2n) is 5.39. The maximum atomic E-state index is 5.35. The van der Waals surface area contributed by atoms with E-state index < -0.39 is 0 Å². The number of benzene rings is 2. The highest BCUT2D eigenvalue weighted by Gasteiger charge is 2.12. The number of hydrogen-bond donors (Lipinski definition) is 1. The maximum absolute atomic E-state index is 5.35. The van der Waals surface area contributed by atoms with E-state index in [1.165, 1.54) is 16.9 Å². The van der Waals surface area contributed by atoms with Gasteiger partial charge in [0.2, 0.25) is 11.9 Å². The van der Waals surface area contributed by atoms with Crippen LogP contribution in [0.4, 0.5) is 5.13 Å². The second kappa shape index (κ2) is 6.33. The summed E-state index contributed by atoms with van der Waals surface area (Å²) in [6.07, 6.45) is 1.73. The summed E-state index contributed by atoms with van der Waals surface area (Å²) < 4.78 is 10.6. The SMILES string of the molecule is Cc1ccc(-c2csc(NN=Cc3ccc4c(c3)OCO4)n2)cc1. The van der Waals surface area contributed by atoms with Crippen LogP contribution < -0.4 is 14.9 Å². The van der Waals surface area contributed by atoms with Crippen molar-refractivity contribution in [2.24, 2.45) is 5.10 Å². The second-order valence-corrected chi connectivity index (χ2v) is 6.24. The van der Waals surface area contributed by atoms with E-state index >= 15 is 0 Å². The Morgan fingerprint density at radius 2 is 1.96 bits per heavy atom. The first-order valence-corrected chi connectivity index (χ1v) is 8.37. The lowest BCUT2D eigenvalue weighted by Gasteiger charge is -1.98. The van der Waals surface area contributed by atoms with Crippen LogP contribution in [0.25, 0.3) is 11.3 Å². The zero-order valence-electron chi connectivity index (χ0n) is 13.0. The Balaban J connectivity index is 1.43. The van der Waals surface area contributed by atoms with Crippen LogP contribution in [0.15, 0.2) is 52.9 Å². The van der Waals surface area contributed by atoms with E-state index in [2.05, 4.69) is 46.7 Å². The molecule has 2 aromatic carbocycles. The van der Waals surface area contributed by atoms with Gasteiger partial charge >= 0.3 is 0 Å². The number of fused-ring (bicyclic) bond motifs is 1. The van der Waals surface area contributed by atoms with E-state index in [4.69, 9.17) is 9.47 Å². The Morgan fingerprint density at radius 3 is 2.83 bits per heavy atom. The molecule has 0 spiro atoms. The normalized spacial score (nSPS) is 12.7. The summed E-state index contributed by atoms with van der Waals surface area (Å²) >= 11 is 1.52. The van der Waals surface area contributed by atoms with Crippen molar-refractivity contribution >= 4 is 22.7 Å². The lowest BCUT2D eigenvalue weighted by atomic mass is 10.1. The molecule has 0 radical (unpaired) electrons. The average molecular weight is 337 g/mol. The largest absolute Gasteiger partial charge is 0.454 e. The first-order valence-electron chi connectivity index (χ1n) is 7.49. The van der Waals surface area contributed by atoms with E-state index in [0.717, 1.165) is 33.5 Å². The standard InChI is InChI=1S/C18H15N3O2S/c1-12-2-5-14(6-3-12)15-10-24-18(20-15)21-19-9-13-4-7-16-17(8-13)23-11-22-16/h2-10H,11H2,1H3,(H,20,21). The summed E-state index contributed by atoms with van der Waals surface area (Å²) in [5.41, 5.74) is 7.18. The number of rotatable bonds is 4. The molecule has 2 heterocycles. The fourth-order valence-electron chi connectivity index (χ4n) is 2.34. The minimum Gasteiger partial charge on any atom is -0.454 e. The highest BCUT2D eigenvalue weighted by molar-refractivity contribution is 7.14. The molecular formula is C18H15N3O2S. The van der Waals surface area contributed by atoms with Crippen LogP contribution in [0.2, 0.25) is 0 Å². The molecule has 0 fully saturated rings. The lowest BCUT2D eigenvalue weighted by molar-refractivity contribution is 0.174. The van der Waals surface area contributed by atoms with E-state index in [0.29, 0.717) is 0 Å². The average Bonchev–Trinajstić information content (AvgIpc) is 3.24. The van der Waals surface area contributed by atoms with Crippen molar-refractivity contribution in [1.82, 2.24) is 4.98 Å². The van der Waals surface area contributed by atoms with E-state index in [1.807, 2.05) is 23.6 Å². The molecule has 1 aliphatic rings. The number of hydrazone groups is 1. The van der Waals surface area contributed by atoms with Gasteiger partial charge in [0.1, 0.15) is 0 Å². The van der Waals surface area contributed by atoms with Crippen LogP contribution in [0, 0.1) is 6.92 Å². The summed E-state index contributed by atoms with van der Waals surface area (Å²) in [7, 11) is 0. The highest BCUT2D eigenvalue weighted by atomic mass is 32.1. The minimum absolute atomic E-state index is 0.273. The van der Waals surface area contributed by atoms with Gasteiger partial charge in [0, 0.05) is 10.9 Å². The summed E-state index contributed by atoms with van der Waals surface area (Å²) in [5.74, 6) is 1.51. The Hall–Kier alpha value is -2.86. The zero-order chi connectivity index (χ0) is 16.4. The predicted octanol–water partition coefficient (Wildman–Crippen LogP) is 4.29. The van der Waals surface area contributed by atoms with E-state index in [9.17, 15) is 0 Å². The minimum atomic E-state index is 0.273. The number of aromatic nitrogens is 1. The van der Waals surface area contributed by atoms with Crippen molar-refractivity contribution in [3.8, 4) is 22.8 Å². The van der Waals surface area contributed by atoms with Crippen LogP contribution in [-0.2, 0) is 0 Å². The van der Waals surface area contributed by atoms with E-state index in [-0.39, 0.29) is 6.79 Å². The number of thiazole rings is 1. The molecule has 4 rings (SSSR count). The van der Waals surface area contributed by atoms with Gasteiger partial charge in [0.25, 0.3) is 0 Å². The molecule has 0 amide bonds. The molecule has 0 saturated carbocycles. The van der Waals surface area contributed by atoms with Crippen LogP contribution in [0.3, 0.4) is 0 Å². The molecular weight excluding hydrogens is 322 g/mol. The molecule has 1 aromatic heterocycles. The summed E-state index contributed by atoms with van der Waals surface area (Å²) in [5, 5.41) is 7.00. The first-order chi connectivity index (χ1) is 11.8. The van der Waals surface area contributed by atoms with Crippen molar-refractivity contribution in [3.05, 3.63) is 59.0 Å². The molecule has 0 aliphatic carbocycles. The van der Waals surface area contributed by atoms with Gasteiger partial charge in [-0.05, 0) is 30.7 Å². The summed E-state index contributed by atoms with van der Waals surface area (Å²) in [6.45, 7) is 2.34. The van der Waals surface area contributed by atoms with Gasteiger partial charge < -0.3 is 9.47 Å². The van der Waals surface area contributed by atoms with Crippen LogP contribution >= 0.6 is 11.3 Å². The number of nitrogens with zero attached hydrogens (tertiary/aromatic N) is 2. The fraction of sp³-hybridized carbons (Fsp3) is 0.111. The molecule has 0 unspecified atom stereocenters. The smallest absolute Gasteiger partial charge is 0.231 e. The van der Waals surface area contributed by atoms with Gasteiger partial charge in [0.15, 0.2) is 11.5 Å². The van der Waals surface area contributed by atoms with Gasteiger partial charge in [-0.2, -0.15) is 5.10 Å². The highest BCUT2D eigenvalue weighted by Crippen LogP contribution is 2.32. The molecule has 0 saturated heterocycles. The van der Waals surface area contributed by atoms with Gasteiger partial charge in [-0.3, -0.25) is 5.43 Å². The number of nitrogens with one attached hydrogen (secondary N) is 1. The number of aryl methyl sites for hydroxylation is 1. The Bertz CT molecular complexity index is 888. The quantitative estimate of drug-likeness (QED) is 0.570.